The van der Waals surface area contributed by atoms with Gasteiger partial charge in [0.25, 0.3) is 0 Å². The minimum absolute atomic E-state index is 0.234. The molecule has 1 aliphatic carbocycles. The van der Waals surface area contributed by atoms with Gasteiger partial charge in [-0.15, -0.1) is 0 Å². The molecule has 1 fully saturated rings. The second-order valence-corrected chi connectivity index (χ2v) is 5.25. The van der Waals surface area contributed by atoms with E-state index in [0.29, 0.717) is 17.0 Å². The Bertz CT molecular complexity index is 805. The Morgan fingerprint density at radius 1 is 1.30 bits per heavy atom. The van der Waals surface area contributed by atoms with Crippen molar-refractivity contribution in [2.75, 3.05) is 0 Å². The molecule has 4 nitrogen and oxygen atoms in total. The molecule has 0 bridgehead atoms. The van der Waals surface area contributed by atoms with Gasteiger partial charge in [-0.1, -0.05) is 0 Å². The summed E-state index contributed by atoms with van der Waals surface area (Å²) in [5.41, 5.74) is 4.04. The Labute approximate surface area is 115 Å². The van der Waals surface area contributed by atoms with Gasteiger partial charge in [0, 0.05) is 17.7 Å². The fourth-order valence-electron chi connectivity index (χ4n) is 2.52. The summed E-state index contributed by atoms with van der Waals surface area (Å²) in [7, 11) is 0. The van der Waals surface area contributed by atoms with Crippen LogP contribution in [0.15, 0.2) is 24.7 Å². The van der Waals surface area contributed by atoms with Crippen LogP contribution < -0.4 is 0 Å². The molecule has 1 aromatic carbocycles. The quantitative estimate of drug-likeness (QED) is 0.775. The second kappa shape index (κ2) is 4.10. The molecule has 3 aromatic rings. The second-order valence-electron chi connectivity index (χ2n) is 5.25. The number of hydrogen-bond donors (Lipinski definition) is 1. The van der Waals surface area contributed by atoms with Gasteiger partial charge in [0.1, 0.15) is 18.0 Å². The van der Waals surface area contributed by atoms with E-state index in [1.807, 2.05) is 0 Å². The number of benzene rings is 1. The number of nitrogens with zero attached hydrogens (tertiary/aromatic N) is 3. The van der Waals surface area contributed by atoms with Crippen LogP contribution in [0.2, 0.25) is 0 Å². The van der Waals surface area contributed by atoms with Crippen LogP contribution in [0, 0.1) is 12.7 Å². The van der Waals surface area contributed by atoms with Crippen molar-refractivity contribution in [3.05, 3.63) is 41.7 Å². The Balaban J connectivity index is 1.93. The maximum atomic E-state index is 13.6. The molecule has 0 amide bonds. The van der Waals surface area contributed by atoms with Crippen molar-refractivity contribution in [2.24, 2.45) is 0 Å². The molecule has 0 unspecified atom stereocenters. The first kappa shape index (κ1) is 11.5. The van der Waals surface area contributed by atoms with Gasteiger partial charge in [-0.2, -0.15) is 0 Å². The van der Waals surface area contributed by atoms with Crippen molar-refractivity contribution >= 4 is 11.0 Å². The fraction of sp³-hybridized carbons (Fsp3) is 0.267. The molecular weight excluding hydrogens is 255 g/mol. The molecule has 0 radical (unpaired) electrons. The smallest absolute Gasteiger partial charge is 0.141 e. The van der Waals surface area contributed by atoms with Gasteiger partial charge in [0.2, 0.25) is 0 Å². The fourth-order valence-corrected chi connectivity index (χ4v) is 2.52. The van der Waals surface area contributed by atoms with E-state index in [0.717, 1.165) is 35.4 Å². The zero-order valence-electron chi connectivity index (χ0n) is 11.0. The van der Waals surface area contributed by atoms with E-state index >= 15 is 0 Å². The number of hydrogen-bond acceptors (Lipinski definition) is 3. The van der Waals surface area contributed by atoms with E-state index in [1.54, 1.807) is 25.5 Å². The lowest BCUT2D eigenvalue weighted by Crippen LogP contribution is -1.94. The van der Waals surface area contributed by atoms with Crippen LogP contribution in [-0.2, 0) is 0 Å². The Morgan fingerprint density at radius 2 is 2.15 bits per heavy atom. The summed E-state index contributed by atoms with van der Waals surface area (Å²) in [4.78, 5) is 16.3. The number of aryl methyl sites for hydroxylation is 1. The molecule has 0 aliphatic heterocycles. The molecule has 0 saturated heterocycles. The number of fused-ring (bicyclic) bond motifs is 1. The lowest BCUT2D eigenvalue weighted by atomic mass is 10.1. The van der Waals surface area contributed by atoms with Crippen molar-refractivity contribution in [2.45, 2.75) is 25.7 Å². The van der Waals surface area contributed by atoms with Crippen molar-refractivity contribution in [3.63, 3.8) is 0 Å². The Morgan fingerprint density at radius 3 is 2.95 bits per heavy atom. The van der Waals surface area contributed by atoms with Gasteiger partial charge in [-0.25, -0.2) is 19.3 Å². The lowest BCUT2D eigenvalue weighted by Gasteiger charge is -2.02. The van der Waals surface area contributed by atoms with Crippen LogP contribution in [-0.4, -0.2) is 19.9 Å². The molecule has 5 heteroatoms. The normalized spacial score (nSPS) is 14.9. The minimum Gasteiger partial charge on any atom is -0.338 e. The predicted molar refractivity (Wildman–Crippen MR) is 73.8 cm³/mol. The highest BCUT2D eigenvalue weighted by Crippen LogP contribution is 2.42. The van der Waals surface area contributed by atoms with Crippen LogP contribution >= 0.6 is 0 Å². The third kappa shape index (κ3) is 1.70. The zero-order valence-corrected chi connectivity index (χ0v) is 11.0. The molecule has 0 atom stereocenters. The first-order valence-corrected chi connectivity index (χ1v) is 6.69. The molecule has 1 saturated carbocycles. The van der Waals surface area contributed by atoms with Crippen LogP contribution in [0.5, 0.6) is 0 Å². The van der Waals surface area contributed by atoms with Crippen LogP contribution in [0.3, 0.4) is 0 Å². The molecule has 1 N–H and O–H groups in total. The van der Waals surface area contributed by atoms with Crippen LogP contribution in [0.25, 0.3) is 22.4 Å². The molecule has 100 valence electrons. The summed E-state index contributed by atoms with van der Waals surface area (Å²) in [6.45, 7) is 1.74. The van der Waals surface area contributed by atoms with Gasteiger partial charge in [-0.05, 0) is 31.9 Å². The summed E-state index contributed by atoms with van der Waals surface area (Å²) >= 11 is 0. The third-order valence-corrected chi connectivity index (χ3v) is 3.80. The van der Waals surface area contributed by atoms with E-state index < -0.39 is 0 Å². The van der Waals surface area contributed by atoms with E-state index in [1.165, 1.54) is 6.07 Å². The van der Waals surface area contributed by atoms with Crippen molar-refractivity contribution in [3.8, 4) is 11.4 Å². The zero-order chi connectivity index (χ0) is 13.7. The van der Waals surface area contributed by atoms with Gasteiger partial charge >= 0.3 is 0 Å². The van der Waals surface area contributed by atoms with Crippen molar-refractivity contribution in [1.29, 1.82) is 0 Å². The van der Waals surface area contributed by atoms with E-state index in [-0.39, 0.29) is 5.82 Å². The average molecular weight is 268 g/mol. The standard InChI is InChI=1S/C15H13FN4/c1-8-11(16)4-5-12-13(8)20-15(19-12)10-6-17-7-18-14(10)9-2-3-9/h4-7,9H,2-3H2,1H3,(H,19,20). The van der Waals surface area contributed by atoms with E-state index in [4.69, 9.17) is 0 Å². The molecule has 1 aliphatic rings. The van der Waals surface area contributed by atoms with Crippen LogP contribution in [0.1, 0.15) is 30.0 Å². The lowest BCUT2D eigenvalue weighted by molar-refractivity contribution is 0.620. The predicted octanol–water partition coefficient (Wildman–Crippen LogP) is 3.34. The number of halogens is 1. The number of nitrogens with one attached hydrogen (secondary N) is 1. The summed E-state index contributed by atoms with van der Waals surface area (Å²) in [6, 6.07) is 3.18. The molecule has 0 spiro atoms. The van der Waals surface area contributed by atoms with E-state index in [2.05, 4.69) is 19.9 Å². The van der Waals surface area contributed by atoms with Crippen LogP contribution in [0.4, 0.5) is 4.39 Å². The Hall–Kier alpha value is -2.30. The summed E-state index contributed by atoms with van der Waals surface area (Å²) in [5, 5.41) is 0. The maximum absolute atomic E-state index is 13.6. The van der Waals surface area contributed by atoms with Crippen molar-refractivity contribution < 1.29 is 4.39 Å². The van der Waals surface area contributed by atoms with Gasteiger partial charge < -0.3 is 4.98 Å². The molecule has 4 rings (SSSR count). The SMILES string of the molecule is Cc1c(F)ccc2[nH]c(-c3cncnc3C3CC3)nc12. The minimum atomic E-state index is -0.234. The highest BCUT2D eigenvalue weighted by molar-refractivity contribution is 5.82. The monoisotopic (exact) mass is 268 g/mol. The number of H-pyrrole nitrogens is 1. The topological polar surface area (TPSA) is 54.5 Å². The number of rotatable bonds is 2. The van der Waals surface area contributed by atoms with Gasteiger partial charge in [-0.3, -0.25) is 0 Å². The first-order valence-electron chi connectivity index (χ1n) is 6.69. The average Bonchev–Trinajstić information content (AvgIpc) is 3.22. The highest BCUT2D eigenvalue weighted by atomic mass is 19.1. The summed E-state index contributed by atoms with van der Waals surface area (Å²) < 4.78 is 13.6. The van der Waals surface area contributed by atoms with Gasteiger partial charge in [0.15, 0.2) is 0 Å². The maximum Gasteiger partial charge on any atom is 0.141 e. The largest absolute Gasteiger partial charge is 0.338 e. The number of aromatic amines is 1. The van der Waals surface area contributed by atoms with Crippen molar-refractivity contribution in [1.82, 2.24) is 19.9 Å². The number of aromatic nitrogens is 4. The summed E-state index contributed by atoms with van der Waals surface area (Å²) in [5.74, 6) is 0.998. The van der Waals surface area contributed by atoms with E-state index in [9.17, 15) is 4.39 Å². The Kier molecular flexibility index (Phi) is 2.36. The molecule has 20 heavy (non-hydrogen) atoms. The number of imidazole rings is 1. The third-order valence-electron chi connectivity index (χ3n) is 3.80. The molecule has 2 aromatic heterocycles. The molecule has 2 heterocycles. The van der Waals surface area contributed by atoms with Gasteiger partial charge in [0.05, 0.1) is 22.3 Å². The highest BCUT2D eigenvalue weighted by Gasteiger charge is 2.28. The summed E-state index contributed by atoms with van der Waals surface area (Å²) in [6.07, 6.45) is 5.69. The molecular formula is C15H13FN4. The first-order chi connectivity index (χ1) is 9.74.